The average Bonchev–Trinajstić information content (AvgIpc) is 2.72. The fourth-order valence-corrected chi connectivity index (χ4v) is 1.79. The third-order valence-corrected chi connectivity index (χ3v) is 2.68. The zero-order valence-electron chi connectivity index (χ0n) is 10.1. The molecule has 3 heteroatoms. The van der Waals surface area contributed by atoms with Crippen LogP contribution in [0.25, 0.3) is 5.69 Å². The van der Waals surface area contributed by atoms with Crippen LogP contribution >= 0.6 is 0 Å². The normalized spacial score (nSPS) is 10.7. The smallest absolute Gasteiger partial charge is 0.0682 e. The Morgan fingerprint density at radius 1 is 1.19 bits per heavy atom. The predicted molar refractivity (Wildman–Crippen MR) is 64.9 cm³/mol. The predicted octanol–water partition coefficient (Wildman–Crippen LogP) is 2.70. The van der Waals surface area contributed by atoms with E-state index in [1.165, 1.54) is 5.69 Å². The summed E-state index contributed by atoms with van der Waals surface area (Å²) in [7, 11) is 0. The number of pyridine rings is 1. The molecule has 2 heterocycles. The summed E-state index contributed by atoms with van der Waals surface area (Å²) in [6.45, 7) is 6.28. The van der Waals surface area contributed by atoms with Crippen LogP contribution in [0.5, 0.6) is 0 Å². The van der Waals surface area contributed by atoms with Crippen molar-refractivity contribution in [2.24, 2.45) is 0 Å². The van der Waals surface area contributed by atoms with Crippen LogP contribution in [0.2, 0.25) is 0 Å². The first kappa shape index (κ1) is 10.9. The first-order valence-electron chi connectivity index (χ1n) is 5.75. The summed E-state index contributed by atoms with van der Waals surface area (Å²) in [5.74, 6) is 0. The molecule has 0 spiro atoms. The summed E-state index contributed by atoms with van der Waals surface area (Å²) in [5, 5.41) is 4.60. The van der Waals surface area contributed by atoms with Gasteiger partial charge in [-0.15, -0.1) is 0 Å². The van der Waals surface area contributed by atoms with Gasteiger partial charge in [0.2, 0.25) is 0 Å². The maximum Gasteiger partial charge on any atom is 0.0682 e. The Morgan fingerprint density at radius 2 is 2.00 bits per heavy atom. The van der Waals surface area contributed by atoms with Gasteiger partial charge in [-0.1, -0.05) is 13.8 Å². The first-order valence-corrected chi connectivity index (χ1v) is 5.75. The summed E-state index contributed by atoms with van der Waals surface area (Å²) in [6.07, 6.45) is 3.80. The molecule has 2 aromatic heterocycles. The van der Waals surface area contributed by atoms with Crippen molar-refractivity contribution in [1.29, 1.82) is 0 Å². The molecule has 0 aliphatic heterocycles. The van der Waals surface area contributed by atoms with Gasteiger partial charge in [-0.3, -0.25) is 4.98 Å². The van der Waals surface area contributed by atoms with E-state index in [1.54, 1.807) is 0 Å². The van der Waals surface area contributed by atoms with Crippen LogP contribution in [-0.4, -0.2) is 14.8 Å². The summed E-state index contributed by atoms with van der Waals surface area (Å²) >= 11 is 0. The molecule has 0 radical (unpaired) electrons. The van der Waals surface area contributed by atoms with E-state index >= 15 is 0 Å². The van der Waals surface area contributed by atoms with Crippen molar-refractivity contribution in [1.82, 2.24) is 14.8 Å². The largest absolute Gasteiger partial charge is 0.261 e. The fourth-order valence-electron chi connectivity index (χ4n) is 1.79. The number of nitrogens with zero attached hydrogens (tertiary/aromatic N) is 3. The Labute approximate surface area is 96.1 Å². The Kier molecular flexibility index (Phi) is 3.04. The lowest BCUT2D eigenvalue weighted by Crippen LogP contribution is -2.02. The van der Waals surface area contributed by atoms with Crippen molar-refractivity contribution in [3.05, 3.63) is 41.5 Å². The number of rotatable bonds is 3. The Balaban J connectivity index is 2.50. The van der Waals surface area contributed by atoms with Gasteiger partial charge in [-0.05, 0) is 38.0 Å². The lowest BCUT2D eigenvalue weighted by molar-refractivity contribution is 0.791. The Bertz CT molecular complexity index is 486. The molecule has 0 aliphatic rings. The van der Waals surface area contributed by atoms with Crippen LogP contribution in [0, 0.1) is 6.92 Å². The molecule has 0 saturated carbocycles. The molecule has 3 nitrogen and oxygen atoms in total. The van der Waals surface area contributed by atoms with Crippen LogP contribution in [0.1, 0.15) is 30.9 Å². The molecule has 0 fully saturated rings. The summed E-state index contributed by atoms with van der Waals surface area (Å²) in [6, 6.07) is 6.24. The van der Waals surface area contributed by atoms with Crippen molar-refractivity contribution in [2.45, 2.75) is 33.6 Å². The van der Waals surface area contributed by atoms with Gasteiger partial charge < -0.3 is 0 Å². The van der Waals surface area contributed by atoms with Gasteiger partial charge in [0.15, 0.2) is 0 Å². The molecule has 0 N–H and O–H groups in total. The maximum atomic E-state index is 4.60. The van der Waals surface area contributed by atoms with Crippen molar-refractivity contribution in [3.63, 3.8) is 0 Å². The van der Waals surface area contributed by atoms with Gasteiger partial charge >= 0.3 is 0 Å². The molecule has 0 saturated heterocycles. The molecule has 0 amide bonds. The zero-order valence-corrected chi connectivity index (χ0v) is 10.1. The van der Waals surface area contributed by atoms with E-state index in [2.05, 4.69) is 36.1 Å². The van der Waals surface area contributed by atoms with E-state index < -0.39 is 0 Å². The highest BCUT2D eigenvalue weighted by molar-refractivity contribution is 5.33. The van der Waals surface area contributed by atoms with Gasteiger partial charge in [0.25, 0.3) is 0 Å². The first-order chi connectivity index (χ1) is 7.74. The molecule has 16 heavy (non-hydrogen) atoms. The van der Waals surface area contributed by atoms with Crippen molar-refractivity contribution in [3.8, 4) is 5.69 Å². The highest BCUT2D eigenvalue weighted by Crippen LogP contribution is 2.14. The standard InChI is InChI=1S/C13H17N3/c1-4-11-9-12(5-2)16(15-11)13-6-7-14-10(3)8-13/h6-9H,4-5H2,1-3H3. The second-order valence-corrected chi connectivity index (χ2v) is 3.90. The number of aryl methyl sites for hydroxylation is 3. The molecule has 2 rings (SSSR count). The Morgan fingerprint density at radius 3 is 2.62 bits per heavy atom. The van der Waals surface area contributed by atoms with Crippen LogP contribution < -0.4 is 0 Å². The highest BCUT2D eigenvalue weighted by Gasteiger charge is 2.07. The van der Waals surface area contributed by atoms with Crippen LogP contribution in [0.4, 0.5) is 0 Å². The molecule has 0 aromatic carbocycles. The minimum atomic E-state index is 0.976. The van der Waals surface area contributed by atoms with E-state index in [4.69, 9.17) is 0 Å². The molecule has 0 unspecified atom stereocenters. The van der Waals surface area contributed by atoms with Gasteiger partial charge in [0.1, 0.15) is 0 Å². The fraction of sp³-hybridized carbons (Fsp3) is 0.385. The molecule has 0 atom stereocenters. The molecular weight excluding hydrogens is 198 g/mol. The number of hydrogen-bond donors (Lipinski definition) is 0. The molecule has 2 aromatic rings. The van der Waals surface area contributed by atoms with Crippen LogP contribution in [0.15, 0.2) is 24.4 Å². The highest BCUT2D eigenvalue weighted by atomic mass is 15.3. The van der Waals surface area contributed by atoms with E-state index in [9.17, 15) is 0 Å². The SMILES string of the molecule is CCc1cc(CC)n(-c2ccnc(C)c2)n1. The van der Waals surface area contributed by atoms with E-state index in [0.29, 0.717) is 0 Å². The van der Waals surface area contributed by atoms with Crippen molar-refractivity contribution < 1.29 is 0 Å². The minimum absolute atomic E-state index is 0.976. The minimum Gasteiger partial charge on any atom is -0.261 e. The van der Waals surface area contributed by atoms with Crippen LogP contribution in [0.3, 0.4) is 0 Å². The average molecular weight is 215 g/mol. The second-order valence-electron chi connectivity index (χ2n) is 3.90. The number of hydrogen-bond acceptors (Lipinski definition) is 2. The third-order valence-electron chi connectivity index (χ3n) is 2.68. The zero-order chi connectivity index (χ0) is 11.5. The van der Waals surface area contributed by atoms with E-state index in [1.807, 2.05) is 23.9 Å². The van der Waals surface area contributed by atoms with Gasteiger partial charge in [-0.2, -0.15) is 5.10 Å². The van der Waals surface area contributed by atoms with Gasteiger partial charge in [0, 0.05) is 17.6 Å². The van der Waals surface area contributed by atoms with E-state index in [0.717, 1.165) is 29.9 Å². The lowest BCUT2D eigenvalue weighted by atomic mass is 10.2. The summed E-state index contributed by atoms with van der Waals surface area (Å²) < 4.78 is 2.02. The van der Waals surface area contributed by atoms with Crippen molar-refractivity contribution >= 4 is 0 Å². The van der Waals surface area contributed by atoms with Crippen molar-refractivity contribution in [2.75, 3.05) is 0 Å². The summed E-state index contributed by atoms with van der Waals surface area (Å²) in [5.41, 5.74) is 4.52. The monoisotopic (exact) mass is 215 g/mol. The van der Waals surface area contributed by atoms with Gasteiger partial charge in [-0.25, -0.2) is 4.68 Å². The lowest BCUT2D eigenvalue weighted by Gasteiger charge is -2.05. The quantitative estimate of drug-likeness (QED) is 0.788. The molecule has 0 bridgehead atoms. The molecular formula is C13H17N3. The summed E-state index contributed by atoms with van der Waals surface area (Å²) in [4.78, 5) is 4.21. The molecule has 84 valence electrons. The van der Waals surface area contributed by atoms with Crippen LogP contribution in [-0.2, 0) is 12.8 Å². The Hall–Kier alpha value is -1.64. The van der Waals surface area contributed by atoms with Gasteiger partial charge in [0.05, 0.1) is 11.4 Å². The maximum absolute atomic E-state index is 4.60. The third kappa shape index (κ3) is 1.98. The number of aromatic nitrogens is 3. The molecule has 0 aliphatic carbocycles. The topological polar surface area (TPSA) is 30.7 Å². The van der Waals surface area contributed by atoms with E-state index in [-0.39, 0.29) is 0 Å². The second kappa shape index (κ2) is 4.47.